The van der Waals surface area contributed by atoms with Crippen molar-refractivity contribution in [2.45, 2.75) is 19.1 Å². The first-order chi connectivity index (χ1) is 8.16. The first-order valence-corrected chi connectivity index (χ1v) is 6.28. The Morgan fingerprint density at radius 2 is 2.24 bits per heavy atom. The van der Waals surface area contributed by atoms with Crippen molar-refractivity contribution in [3.63, 3.8) is 0 Å². The Labute approximate surface area is 104 Å². The Morgan fingerprint density at radius 1 is 1.41 bits per heavy atom. The summed E-state index contributed by atoms with van der Waals surface area (Å²) in [7, 11) is 0. The molecular formula is C13H13NO2S. The third kappa shape index (κ3) is 2.97. The highest BCUT2D eigenvalue weighted by atomic mass is 32.2. The summed E-state index contributed by atoms with van der Waals surface area (Å²) in [6.07, 6.45) is 3.08. The molecule has 4 heteroatoms. The molecule has 1 heterocycles. The van der Waals surface area contributed by atoms with Crippen LogP contribution < -0.4 is 0 Å². The summed E-state index contributed by atoms with van der Waals surface area (Å²) in [5.41, 5.74) is 2.96. The molecule has 0 atom stereocenters. The van der Waals surface area contributed by atoms with E-state index in [4.69, 9.17) is 4.42 Å². The fourth-order valence-electron chi connectivity index (χ4n) is 1.61. The average Bonchev–Trinajstić information content (AvgIpc) is 2.78. The average molecular weight is 247 g/mol. The van der Waals surface area contributed by atoms with E-state index in [0.717, 1.165) is 11.1 Å². The summed E-state index contributed by atoms with van der Waals surface area (Å²) in [6, 6.07) is 5.85. The Bertz CT molecular complexity index is 520. The second-order valence-corrected chi connectivity index (χ2v) is 4.75. The SMILES string of the molecule is Cc1ccc(C(=O)CSc2ncco2)c(C)c1. The number of hydrogen-bond acceptors (Lipinski definition) is 4. The number of oxazole rings is 1. The van der Waals surface area contributed by atoms with Crippen molar-refractivity contribution < 1.29 is 9.21 Å². The van der Waals surface area contributed by atoms with E-state index in [1.807, 2.05) is 32.0 Å². The van der Waals surface area contributed by atoms with Crippen LogP contribution in [0.5, 0.6) is 0 Å². The standard InChI is InChI=1S/C13H13NO2S/c1-9-3-4-11(10(2)7-9)12(15)8-17-13-14-5-6-16-13/h3-7H,8H2,1-2H3. The first kappa shape index (κ1) is 11.9. The fourth-order valence-corrected chi connectivity index (χ4v) is 2.28. The van der Waals surface area contributed by atoms with Gasteiger partial charge in [-0.25, -0.2) is 4.98 Å². The van der Waals surface area contributed by atoms with Crippen LogP contribution in [0.1, 0.15) is 21.5 Å². The highest BCUT2D eigenvalue weighted by molar-refractivity contribution is 7.99. The predicted molar refractivity (Wildman–Crippen MR) is 67.5 cm³/mol. The Morgan fingerprint density at radius 3 is 2.88 bits per heavy atom. The second-order valence-electron chi connectivity index (χ2n) is 3.83. The van der Waals surface area contributed by atoms with Gasteiger partial charge in [0.2, 0.25) is 0 Å². The molecule has 0 radical (unpaired) electrons. The van der Waals surface area contributed by atoms with Gasteiger partial charge >= 0.3 is 0 Å². The quantitative estimate of drug-likeness (QED) is 0.614. The van der Waals surface area contributed by atoms with Crippen LogP contribution >= 0.6 is 11.8 Å². The zero-order valence-corrected chi connectivity index (χ0v) is 10.6. The topological polar surface area (TPSA) is 43.1 Å². The number of hydrogen-bond donors (Lipinski definition) is 0. The molecule has 0 N–H and O–H groups in total. The van der Waals surface area contributed by atoms with Crippen molar-refractivity contribution in [1.82, 2.24) is 4.98 Å². The molecule has 0 aliphatic rings. The zero-order chi connectivity index (χ0) is 12.3. The molecule has 3 nitrogen and oxygen atoms in total. The van der Waals surface area contributed by atoms with E-state index < -0.39 is 0 Å². The zero-order valence-electron chi connectivity index (χ0n) is 9.77. The van der Waals surface area contributed by atoms with E-state index in [2.05, 4.69) is 4.98 Å². The van der Waals surface area contributed by atoms with E-state index in [0.29, 0.717) is 11.0 Å². The molecule has 2 rings (SSSR count). The minimum Gasteiger partial charge on any atom is -0.440 e. The highest BCUT2D eigenvalue weighted by Gasteiger charge is 2.10. The van der Waals surface area contributed by atoms with E-state index >= 15 is 0 Å². The van der Waals surface area contributed by atoms with Gasteiger partial charge in [-0.1, -0.05) is 35.5 Å². The van der Waals surface area contributed by atoms with Gasteiger partial charge in [-0.2, -0.15) is 0 Å². The number of carbonyl (C=O) groups excluding carboxylic acids is 1. The summed E-state index contributed by atoms with van der Waals surface area (Å²) < 4.78 is 5.07. The summed E-state index contributed by atoms with van der Waals surface area (Å²) in [5, 5.41) is 0.531. The van der Waals surface area contributed by atoms with Gasteiger partial charge in [0.15, 0.2) is 5.78 Å². The van der Waals surface area contributed by atoms with Crippen molar-refractivity contribution in [3.05, 3.63) is 47.3 Å². The third-order valence-corrected chi connectivity index (χ3v) is 3.27. The van der Waals surface area contributed by atoms with Gasteiger partial charge in [0.1, 0.15) is 6.26 Å². The number of ketones is 1. The lowest BCUT2D eigenvalue weighted by atomic mass is 10.0. The smallest absolute Gasteiger partial charge is 0.255 e. The molecule has 0 aliphatic carbocycles. The fraction of sp³-hybridized carbons (Fsp3) is 0.231. The van der Waals surface area contributed by atoms with Crippen LogP contribution in [-0.2, 0) is 0 Å². The maximum atomic E-state index is 12.0. The van der Waals surface area contributed by atoms with Crippen molar-refractivity contribution >= 4 is 17.5 Å². The third-order valence-electron chi connectivity index (χ3n) is 2.42. The van der Waals surface area contributed by atoms with Gasteiger partial charge in [0.25, 0.3) is 5.22 Å². The van der Waals surface area contributed by atoms with Gasteiger partial charge in [0, 0.05) is 5.56 Å². The van der Waals surface area contributed by atoms with Crippen molar-refractivity contribution in [2.75, 3.05) is 5.75 Å². The van der Waals surface area contributed by atoms with E-state index in [1.165, 1.54) is 23.6 Å². The summed E-state index contributed by atoms with van der Waals surface area (Å²) in [6.45, 7) is 3.97. The van der Waals surface area contributed by atoms with Gasteiger partial charge in [0.05, 0.1) is 11.9 Å². The van der Waals surface area contributed by atoms with Gasteiger partial charge in [-0.05, 0) is 19.4 Å². The van der Waals surface area contributed by atoms with E-state index in [1.54, 1.807) is 6.20 Å². The number of thioether (sulfide) groups is 1. The Hall–Kier alpha value is -1.55. The normalized spacial score (nSPS) is 10.5. The monoisotopic (exact) mass is 247 g/mol. The highest BCUT2D eigenvalue weighted by Crippen LogP contribution is 2.18. The molecule has 88 valence electrons. The molecule has 0 saturated heterocycles. The largest absolute Gasteiger partial charge is 0.440 e. The maximum Gasteiger partial charge on any atom is 0.255 e. The maximum absolute atomic E-state index is 12.0. The number of benzene rings is 1. The minimum atomic E-state index is 0.103. The lowest BCUT2D eigenvalue weighted by Gasteiger charge is -2.04. The number of carbonyl (C=O) groups is 1. The van der Waals surface area contributed by atoms with Crippen LogP contribution in [0, 0.1) is 13.8 Å². The number of rotatable bonds is 4. The number of aromatic nitrogens is 1. The van der Waals surface area contributed by atoms with Gasteiger partial charge in [-0.15, -0.1) is 0 Å². The van der Waals surface area contributed by atoms with Crippen LogP contribution in [0.25, 0.3) is 0 Å². The van der Waals surface area contributed by atoms with Crippen molar-refractivity contribution in [3.8, 4) is 0 Å². The molecule has 0 fully saturated rings. The van der Waals surface area contributed by atoms with Crippen molar-refractivity contribution in [1.29, 1.82) is 0 Å². The van der Waals surface area contributed by atoms with Crippen molar-refractivity contribution in [2.24, 2.45) is 0 Å². The predicted octanol–water partition coefficient (Wildman–Crippen LogP) is 3.27. The van der Waals surface area contributed by atoms with E-state index in [-0.39, 0.29) is 5.78 Å². The number of nitrogens with zero attached hydrogens (tertiary/aromatic N) is 1. The molecule has 0 unspecified atom stereocenters. The molecule has 0 amide bonds. The van der Waals surface area contributed by atoms with E-state index in [9.17, 15) is 4.79 Å². The second kappa shape index (κ2) is 5.19. The van der Waals surface area contributed by atoms with Crippen LogP contribution in [0.4, 0.5) is 0 Å². The summed E-state index contributed by atoms with van der Waals surface area (Å²) in [4.78, 5) is 15.9. The van der Waals surface area contributed by atoms with Crippen LogP contribution in [-0.4, -0.2) is 16.5 Å². The molecule has 2 aromatic rings. The molecule has 0 saturated carbocycles. The van der Waals surface area contributed by atoms with Crippen LogP contribution in [0.3, 0.4) is 0 Å². The molecule has 0 spiro atoms. The molecule has 17 heavy (non-hydrogen) atoms. The Balaban J connectivity index is 2.04. The Kier molecular flexibility index (Phi) is 3.64. The minimum absolute atomic E-state index is 0.103. The lowest BCUT2D eigenvalue weighted by molar-refractivity contribution is 0.102. The number of aryl methyl sites for hydroxylation is 2. The lowest BCUT2D eigenvalue weighted by Crippen LogP contribution is -2.04. The van der Waals surface area contributed by atoms with Gasteiger partial charge < -0.3 is 4.42 Å². The molecular weight excluding hydrogens is 234 g/mol. The molecule has 0 bridgehead atoms. The molecule has 1 aromatic carbocycles. The van der Waals surface area contributed by atoms with Crippen LogP contribution in [0.2, 0.25) is 0 Å². The van der Waals surface area contributed by atoms with Gasteiger partial charge in [-0.3, -0.25) is 4.79 Å². The first-order valence-electron chi connectivity index (χ1n) is 5.29. The van der Waals surface area contributed by atoms with Crippen LogP contribution in [0.15, 0.2) is 40.3 Å². The molecule has 0 aliphatic heterocycles. The molecule has 1 aromatic heterocycles. The number of Topliss-reactive ketones (excluding diaryl/α,β-unsaturated/α-hetero) is 1. The summed E-state index contributed by atoms with van der Waals surface area (Å²) >= 11 is 1.32. The summed E-state index contributed by atoms with van der Waals surface area (Å²) in [5.74, 6) is 0.454.